The first-order valence-corrected chi connectivity index (χ1v) is 11.1. The molecule has 0 radical (unpaired) electrons. The predicted molar refractivity (Wildman–Crippen MR) is 103 cm³/mol. The van der Waals surface area contributed by atoms with Crippen molar-refractivity contribution in [2.75, 3.05) is 7.11 Å². The molecule has 5 aliphatic rings. The molecule has 1 nitrogen and oxygen atoms in total. The lowest BCUT2D eigenvalue weighted by molar-refractivity contribution is -0.161. The molecule has 0 aromatic heterocycles. The largest absolute Gasteiger partial charge is 0.381 e. The molecule has 0 bridgehead atoms. The van der Waals surface area contributed by atoms with Gasteiger partial charge in [-0.2, -0.15) is 0 Å². The number of rotatable bonds is 3. The zero-order valence-corrected chi connectivity index (χ0v) is 16.9. The SMILES string of the molecule is C=C(C)[C@H]1CC[C@H]2[C@@H]3C[C@@H](OC)[C@]45CC4CC[C@]5(C)[C@H]3CC[C@]12CC. The summed E-state index contributed by atoms with van der Waals surface area (Å²) < 4.78 is 6.24. The molecule has 0 N–H and O–H groups in total. The summed E-state index contributed by atoms with van der Waals surface area (Å²) in [4.78, 5) is 0. The minimum absolute atomic E-state index is 0.544. The summed E-state index contributed by atoms with van der Waals surface area (Å²) in [6.45, 7) is 11.9. The molecule has 5 aliphatic carbocycles. The lowest BCUT2D eigenvalue weighted by atomic mass is 9.44. The molecule has 1 heteroatoms. The molecule has 0 heterocycles. The van der Waals surface area contributed by atoms with Gasteiger partial charge in [-0.05, 0) is 105 Å². The van der Waals surface area contributed by atoms with Crippen LogP contribution >= 0.6 is 0 Å². The van der Waals surface area contributed by atoms with Crippen molar-refractivity contribution in [3.63, 3.8) is 0 Å². The normalized spacial score (nSPS) is 58.9. The average molecular weight is 343 g/mol. The molecule has 0 aromatic carbocycles. The summed E-state index contributed by atoms with van der Waals surface area (Å²) in [5.74, 6) is 4.60. The van der Waals surface area contributed by atoms with E-state index in [2.05, 4.69) is 27.4 Å². The Morgan fingerprint density at radius 2 is 1.92 bits per heavy atom. The third-order valence-electron chi connectivity index (χ3n) is 10.8. The highest BCUT2D eigenvalue weighted by atomic mass is 16.5. The monoisotopic (exact) mass is 342 g/mol. The molecule has 0 amide bonds. The minimum atomic E-state index is 0.544. The third kappa shape index (κ3) is 1.76. The summed E-state index contributed by atoms with van der Waals surface area (Å²) in [5.41, 5.74) is 3.17. The van der Waals surface area contributed by atoms with Crippen LogP contribution in [0.15, 0.2) is 12.2 Å². The molecule has 5 saturated carbocycles. The highest BCUT2D eigenvalue weighted by molar-refractivity contribution is 5.26. The maximum absolute atomic E-state index is 6.24. The molecular weight excluding hydrogens is 304 g/mol. The number of fused-ring (bicyclic) bond motifs is 4. The Kier molecular flexibility index (Phi) is 3.47. The lowest BCUT2D eigenvalue weighted by Gasteiger charge is -2.61. The first-order chi connectivity index (χ1) is 11.9. The van der Waals surface area contributed by atoms with Gasteiger partial charge in [0.1, 0.15) is 0 Å². The highest BCUT2D eigenvalue weighted by Crippen LogP contribution is 2.82. The second-order valence-corrected chi connectivity index (χ2v) is 10.8. The predicted octanol–water partition coefficient (Wildman–Crippen LogP) is 6.24. The van der Waals surface area contributed by atoms with Crippen LogP contribution in [-0.2, 0) is 4.74 Å². The van der Waals surface area contributed by atoms with Gasteiger partial charge in [-0.1, -0.05) is 26.0 Å². The summed E-state index contributed by atoms with van der Waals surface area (Å²) in [7, 11) is 2.01. The summed E-state index contributed by atoms with van der Waals surface area (Å²) >= 11 is 0. The molecular formula is C24H38O. The van der Waals surface area contributed by atoms with Crippen molar-refractivity contribution in [2.45, 2.75) is 84.7 Å². The van der Waals surface area contributed by atoms with Crippen LogP contribution in [0.5, 0.6) is 0 Å². The fourth-order valence-corrected chi connectivity index (χ4v) is 9.81. The van der Waals surface area contributed by atoms with Crippen LogP contribution in [0.2, 0.25) is 0 Å². The fourth-order valence-electron chi connectivity index (χ4n) is 9.81. The van der Waals surface area contributed by atoms with Gasteiger partial charge >= 0.3 is 0 Å². The van der Waals surface area contributed by atoms with Gasteiger partial charge in [0, 0.05) is 12.5 Å². The number of hydrogen-bond acceptors (Lipinski definition) is 1. The number of ether oxygens (including phenoxy) is 1. The van der Waals surface area contributed by atoms with Crippen molar-refractivity contribution >= 4 is 0 Å². The van der Waals surface area contributed by atoms with Gasteiger partial charge in [-0.3, -0.25) is 0 Å². The standard InChI is InChI=1S/C24H38O/c1-6-23-12-10-19-17(20(23)8-7-18(23)15(2)3)13-21(25-5)24-14-16(24)9-11-22(19,24)4/h16-21H,2,6-14H2,1,3-5H3/t16?,17-,18-,19+,20+,21-,22-,23-,24+/m1/s1. The average Bonchev–Trinajstić information content (AvgIpc) is 3.06. The van der Waals surface area contributed by atoms with Crippen molar-refractivity contribution in [2.24, 2.45) is 45.8 Å². The molecule has 0 aliphatic heterocycles. The molecule has 9 atom stereocenters. The first kappa shape index (κ1) is 16.8. The Balaban J connectivity index is 1.54. The molecule has 5 fully saturated rings. The van der Waals surface area contributed by atoms with Gasteiger partial charge in [-0.15, -0.1) is 0 Å². The smallest absolute Gasteiger partial charge is 0.0638 e. The Morgan fingerprint density at radius 1 is 1.12 bits per heavy atom. The van der Waals surface area contributed by atoms with E-state index in [9.17, 15) is 0 Å². The second kappa shape index (κ2) is 5.15. The summed E-state index contributed by atoms with van der Waals surface area (Å²) in [6, 6.07) is 0. The van der Waals surface area contributed by atoms with E-state index in [-0.39, 0.29) is 0 Å². The van der Waals surface area contributed by atoms with Crippen molar-refractivity contribution < 1.29 is 4.74 Å². The maximum Gasteiger partial charge on any atom is 0.0638 e. The second-order valence-electron chi connectivity index (χ2n) is 10.8. The molecule has 0 saturated heterocycles. The van der Waals surface area contributed by atoms with E-state index < -0.39 is 0 Å². The minimum Gasteiger partial charge on any atom is -0.381 e. The van der Waals surface area contributed by atoms with Crippen LogP contribution in [0.1, 0.15) is 78.6 Å². The zero-order valence-electron chi connectivity index (χ0n) is 16.9. The molecule has 1 unspecified atom stereocenters. The van der Waals surface area contributed by atoms with E-state index in [1.165, 1.54) is 63.4 Å². The van der Waals surface area contributed by atoms with Crippen molar-refractivity contribution in [1.29, 1.82) is 0 Å². The Labute approximate surface area is 155 Å². The topological polar surface area (TPSA) is 9.23 Å². The van der Waals surface area contributed by atoms with Crippen LogP contribution in [0.25, 0.3) is 0 Å². The number of hydrogen-bond donors (Lipinski definition) is 0. The van der Waals surface area contributed by atoms with Crippen molar-refractivity contribution in [3.8, 4) is 0 Å². The zero-order chi connectivity index (χ0) is 17.6. The van der Waals surface area contributed by atoms with Gasteiger partial charge in [0.05, 0.1) is 6.10 Å². The van der Waals surface area contributed by atoms with E-state index in [4.69, 9.17) is 4.74 Å². The van der Waals surface area contributed by atoms with E-state index in [1.807, 2.05) is 7.11 Å². The number of allylic oxidation sites excluding steroid dienone is 1. The quantitative estimate of drug-likeness (QED) is 0.552. The maximum atomic E-state index is 6.24. The Hall–Kier alpha value is -0.300. The van der Waals surface area contributed by atoms with Gasteiger partial charge < -0.3 is 4.74 Å². The van der Waals surface area contributed by atoms with E-state index in [1.54, 1.807) is 0 Å². The third-order valence-corrected chi connectivity index (χ3v) is 10.8. The lowest BCUT2D eigenvalue weighted by Crippen LogP contribution is -2.57. The van der Waals surface area contributed by atoms with Crippen LogP contribution in [0, 0.1) is 45.8 Å². The Morgan fingerprint density at radius 3 is 2.56 bits per heavy atom. The van der Waals surface area contributed by atoms with E-state index in [0.29, 0.717) is 22.3 Å². The summed E-state index contributed by atoms with van der Waals surface area (Å²) in [6.07, 6.45) is 13.5. The molecule has 5 rings (SSSR count). The van der Waals surface area contributed by atoms with Crippen LogP contribution in [-0.4, -0.2) is 13.2 Å². The van der Waals surface area contributed by atoms with Crippen molar-refractivity contribution in [3.05, 3.63) is 12.2 Å². The van der Waals surface area contributed by atoms with Crippen molar-refractivity contribution in [1.82, 2.24) is 0 Å². The van der Waals surface area contributed by atoms with Crippen LogP contribution < -0.4 is 0 Å². The van der Waals surface area contributed by atoms with Gasteiger partial charge in [0.15, 0.2) is 0 Å². The molecule has 1 spiro atoms. The molecule has 25 heavy (non-hydrogen) atoms. The highest BCUT2D eigenvalue weighted by Gasteiger charge is 2.77. The van der Waals surface area contributed by atoms with Gasteiger partial charge in [0.2, 0.25) is 0 Å². The van der Waals surface area contributed by atoms with Crippen LogP contribution in [0.4, 0.5) is 0 Å². The van der Waals surface area contributed by atoms with E-state index in [0.717, 1.165) is 29.6 Å². The van der Waals surface area contributed by atoms with Gasteiger partial charge in [-0.25, -0.2) is 0 Å². The molecule has 0 aromatic rings. The van der Waals surface area contributed by atoms with Gasteiger partial charge in [0.25, 0.3) is 0 Å². The first-order valence-electron chi connectivity index (χ1n) is 11.1. The van der Waals surface area contributed by atoms with E-state index >= 15 is 0 Å². The fraction of sp³-hybridized carbons (Fsp3) is 0.917. The Bertz CT molecular complexity index is 595. The molecule has 140 valence electrons. The number of methoxy groups -OCH3 is 1. The summed E-state index contributed by atoms with van der Waals surface area (Å²) in [5, 5.41) is 0. The van der Waals surface area contributed by atoms with Crippen LogP contribution in [0.3, 0.4) is 0 Å².